The highest BCUT2D eigenvalue weighted by Crippen LogP contribution is 2.31. The number of hydrogen-bond acceptors (Lipinski definition) is 3. The highest BCUT2D eigenvalue weighted by molar-refractivity contribution is 5.43. The molecule has 0 aliphatic rings. The maximum Gasteiger partial charge on any atom is 0.161 e. The third-order valence-electron chi connectivity index (χ3n) is 4.86. The Bertz CT molecular complexity index is 773. The third-order valence-corrected chi connectivity index (χ3v) is 4.86. The first-order valence-electron chi connectivity index (χ1n) is 12.0. The summed E-state index contributed by atoms with van der Waals surface area (Å²) in [5, 5.41) is 0. The van der Waals surface area contributed by atoms with Gasteiger partial charge in [0, 0.05) is 12.4 Å². The summed E-state index contributed by atoms with van der Waals surface area (Å²) in [5.74, 6) is 1.69. The smallest absolute Gasteiger partial charge is 0.161 e. The van der Waals surface area contributed by atoms with Crippen LogP contribution in [0.3, 0.4) is 0 Å². The van der Waals surface area contributed by atoms with Crippen LogP contribution >= 0.6 is 0 Å². The molecule has 0 amide bonds. The molecule has 0 aliphatic heterocycles. The van der Waals surface area contributed by atoms with Crippen molar-refractivity contribution in [2.75, 3.05) is 7.11 Å². The molecule has 32 heavy (non-hydrogen) atoms. The molecular weight excluding hydrogens is 394 g/mol. The maximum absolute atomic E-state index is 6.28. The molecule has 0 N–H and O–H groups in total. The van der Waals surface area contributed by atoms with E-state index in [0.29, 0.717) is 0 Å². The Labute approximate surface area is 195 Å². The van der Waals surface area contributed by atoms with Crippen LogP contribution < -0.4 is 9.47 Å². The predicted octanol–water partition coefficient (Wildman–Crippen LogP) is 7.94. The van der Waals surface area contributed by atoms with Crippen molar-refractivity contribution in [2.45, 2.75) is 72.3 Å². The lowest BCUT2D eigenvalue weighted by atomic mass is 10.0. The van der Waals surface area contributed by atoms with Crippen molar-refractivity contribution in [3.05, 3.63) is 90.3 Å². The van der Waals surface area contributed by atoms with Gasteiger partial charge >= 0.3 is 0 Å². The average Bonchev–Trinajstić information content (AvgIpc) is 2.86. The van der Waals surface area contributed by atoms with Crippen LogP contribution in [0.4, 0.5) is 0 Å². The Morgan fingerprint density at radius 2 is 1.25 bits per heavy atom. The summed E-state index contributed by atoms with van der Waals surface area (Å²) in [4.78, 5) is 4.07. The largest absolute Gasteiger partial charge is 0.493 e. The fourth-order valence-electron chi connectivity index (χ4n) is 3.28. The van der Waals surface area contributed by atoms with Crippen molar-refractivity contribution in [3.63, 3.8) is 0 Å². The van der Waals surface area contributed by atoms with Crippen LogP contribution in [0.2, 0.25) is 0 Å². The summed E-state index contributed by atoms with van der Waals surface area (Å²) in [7, 11) is 1.70. The molecule has 0 aliphatic carbocycles. The van der Waals surface area contributed by atoms with Gasteiger partial charge in [0.2, 0.25) is 0 Å². The van der Waals surface area contributed by atoms with Crippen molar-refractivity contribution in [2.24, 2.45) is 0 Å². The second kappa shape index (κ2) is 17.8. The normalized spacial score (nSPS) is 9.81. The number of ether oxygens (including phenoxy) is 2. The zero-order valence-electron chi connectivity index (χ0n) is 20.6. The first kappa shape index (κ1) is 27.2. The Morgan fingerprint density at radius 1 is 0.719 bits per heavy atom. The summed E-state index contributed by atoms with van der Waals surface area (Å²) in [6.45, 7) is 8.41. The quantitative estimate of drug-likeness (QED) is 0.324. The molecule has 174 valence electrons. The molecule has 3 aromatic rings. The zero-order chi connectivity index (χ0) is 23.4. The van der Waals surface area contributed by atoms with Gasteiger partial charge in [0.05, 0.1) is 13.2 Å². The van der Waals surface area contributed by atoms with Crippen molar-refractivity contribution in [3.8, 4) is 11.5 Å². The van der Waals surface area contributed by atoms with Gasteiger partial charge in [0.15, 0.2) is 11.5 Å². The Balaban J connectivity index is 0.000000542. The Morgan fingerprint density at radius 3 is 1.75 bits per heavy atom. The van der Waals surface area contributed by atoms with Crippen LogP contribution in [0.1, 0.15) is 64.5 Å². The standard InChI is InChI=1S/C21H29NO2.C6H6.C2H6/c1-4-6-19(7-5-2)24-21-16-18(10-11-20(21)23-3)9-8-17-12-14-22-15-13-17;1-2-4-6-5-3-1;1-2/h10-16,19H,4-9H2,1-3H3;1-6H;1-2H3. The van der Waals surface area contributed by atoms with Gasteiger partial charge in [0.25, 0.3) is 0 Å². The highest BCUT2D eigenvalue weighted by Gasteiger charge is 2.13. The molecule has 3 rings (SSSR count). The minimum atomic E-state index is 0.268. The summed E-state index contributed by atoms with van der Waals surface area (Å²) in [5.41, 5.74) is 2.58. The molecule has 1 aromatic heterocycles. The first-order chi connectivity index (χ1) is 15.8. The van der Waals surface area contributed by atoms with E-state index >= 15 is 0 Å². The number of aromatic nitrogens is 1. The third kappa shape index (κ3) is 11.0. The molecule has 1 heterocycles. The van der Waals surface area contributed by atoms with Gasteiger partial charge in [-0.2, -0.15) is 0 Å². The monoisotopic (exact) mass is 435 g/mol. The second-order valence-electron chi connectivity index (χ2n) is 7.31. The van der Waals surface area contributed by atoms with Crippen LogP contribution in [0.5, 0.6) is 11.5 Å². The van der Waals surface area contributed by atoms with Gasteiger partial charge in [0.1, 0.15) is 0 Å². The summed E-state index contributed by atoms with van der Waals surface area (Å²) < 4.78 is 11.8. The minimum absolute atomic E-state index is 0.268. The van der Waals surface area contributed by atoms with Gasteiger partial charge in [-0.05, 0) is 61.1 Å². The molecule has 0 fully saturated rings. The minimum Gasteiger partial charge on any atom is -0.493 e. The summed E-state index contributed by atoms with van der Waals surface area (Å²) in [6, 6.07) is 22.4. The van der Waals surface area contributed by atoms with Gasteiger partial charge in [-0.25, -0.2) is 0 Å². The molecule has 3 heteroatoms. The Kier molecular flexibility index (Phi) is 15.2. The van der Waals surface area contributed by atoms with E-state index in [1.165, 1.54) is 11.1 Å². The number of rotatable bonds is 10. The number of pyridine rings is 1. The van der Waals surface area contributed by atoms with Gasteiger partial charge < -0.3 is 9.47 Å². The van der Waals surface area contributed by atoms with Crippen molar-refractivity contribution >= 4 is 0 Å². The lowest BCUT2D eigenvalue weighted by Crippen LogP contribution is -2.16. The SMILES string of the molecule is CC.CCCC(CCC)Oc1cc(CCc2ccncc2)ccc1OC.c1ccccc1. The summed E-state index contributed by atoms with van der Waals surface area (Å²) in [6.07, 6.45) is 10.4. The van der Waals surface area contributed by atoms with E-state index in [1.807, 2.05) is 68.7 Å². The molecular formula is C29H41NO2. The van der Waals surface area contributed by atoms with Crippen molar-refractivity contribution in [1.29, 1.82) is 0 Å². The molecule has 2 aromatic carbocycles. The number of benzene rings is 2. The fraction of sp³-hybridized carbons (Fsp3) is 0.414. The van der Waals surface area contributed by atoms with Crippen molar-refractivity contribution < 1.29 is 9.47 Å². The molecule has 0 unspecified atom stereocenters. The zero-order valence-corrected chi connectivity index (χ0v) is 20.6. The molecule has 0 spiro atoms. The lowest BCUT2D eigenvalue weighted by Gasteiger charge is -2.20. The molecule has 0 radical (unpaired) electrons. The van der Waals surface area contributed by atoms with Crippen LogP contribution in [-0.2, 0) is 12.8 Å². The molecule has 3 nitrogen and oxygen atoms in total. The topological polar surface area (TPSA) is 31.4 Å². The lowest BCUT2D eigenvalue weighted by molar-refractivity contribution is 0.171. The van der Waals surface area contributed by atoms with Crippen LogP contribution in [-0.4, -0.2) is 18.2 Å². The molecule has 0 atom stereocenters. The van der Waals surface area contributed by atoms with Crippen LogP contribution in [0, 0.1) is 0 Å². The molecule has 0 saturated heterocycles. The average molecular weight is 436 g/mol. The van der Waals surface area contributed by atoms with E-state index in [1.54, 1.807) is 7.11 Å². The van der Waals surface area contributed by atoms with E-state index < -0.39 is 0 Å². The van der Waals surface area contributed by atoms with Crippen LogP contribution in [0.25, 0.3) is 0 Å². The van der Waals surface area contributed by atoms with E-state index in [0.717, 1.165) is 50.0 Å². The Hall–Kier alpha value is -2.81. The molecule has 0 saturated carbocycles. The second-order valence-corrected chi connectivity index (χ2v) is 7.31. The summed E-state index contributed by atoms with van der Waals surface area (Å²) >= 11 is 0. The van der Waals surface area contributed by atoms with Crippen molar-refractivity contribution in [1.82, 2.24) is 4.98 Å². The maximum atomic E-state index is 6.28. The van der Waals surface area contributed by atoms with Gasteiger partial charge in [-0.3, -0.25) is 4.98 Å². The van der Waals surface area contributed by atoms with Gasteiger partial charge in [-0.15, -0.1) is 0 Å². The predicted molar refractivity (Wildman–Crippen MR) is 137 cm³/mol. The van der Waals surface area contributed by atoms with Crippen LogP contribution in [0.15, 0.2) is 79.1 Å². The van der Waals surface area contributed by atoms with Gasteiger partial charge in [-0.1, -0.05) is 83.0 Å². The van der Waals surface area contributed by atoms with E-state index in [2.05, 4.69) is 43.1 Å². The number of aryl methyl sites for hydroxylation is 2. The van der Waals surface area contributed by atoms with E-state index in [-0.39, 0.29) is 6.10 Å². The number of nitrogens with zero attached hydrogens (tertiary/aromatic N) is 1. The van der Waals surface area contributed by atoms with E-state index in [9.17, 15) is 0 Å². The first-order valence-corrected chi connectivity index (χ1v) is 12.0. The number of methoxy groups -OCH3 is 1. The highest BCUT2D eigenvalue weighted by atomic mass is 16.5. The molecule has 0 bridgehead atoms. The van der Waals surface area contributed by atoms with E-state index in [4.69, 9.17) is 9.47 Å². The fourth-order valence-corrected chi connectivity index (χ4v) is 3.28. The number of hydrogen-bond donors (Lipinski definition) is 0.